The van der Waals surface area contributed by atoms with Gasteiger partial charge >= 0.3 is 5.97 Å². The third-order valence-corrected chi connectivity index (χ3v) is 5.73. The van der Waals surface area contributed by atoms with E-state index in [0.29, 0.717) is 13.2 Å². The van der Waals surface area contributed by atoms with E-state index in [0.717, 1.165) is 5.56 Å². The smallest absolute Gasteiger partial charge is 0.312 e. The first-order chi connectivity index (χ1) is 11.8. The molecule has 0 aromatic heterocycles. The van der Waals surface area contributed by atoms with Gasteiger partial charge in [-0.2, -0.15) is 0 Å². The number of cyclic esters (lactones) is 1. The van der Waals surface area contributed by atoms with E-state index in [-0.39, 0.29) is 35.9 Å². The zero-order valence-electron chi connectivity index (χ0n) is 15.3. The molecule has 1 aromatic carbocycles. The number of hydrogen-bond acceptors (Lipinski definition) is 5. The summed E-state index contributed by atoms with van der Waals surface area (Å²) >= 11 is 0. The summed E-state index contributed by atoms with van der Waals surface area (Å²) in [7, 11) is 0. The van der Waals surface area contributed by atoms with Gasteiger partial charge < -0.3 is 19.3 Å². The van der Waals surface area contributed by atoms with Crippen molar-refractivity contribution in [1.82, 2.24) is 0 Å². The molecule has 0 aliphatic carbocycles. The lowest BCUT2D eigenvalue weighted by molar-refractivity contribution is -0.216. The van der Waals surface area contributed by atoms with Gasteiger partial charge in [-0.25, -0.2) is 0 Å². The standard InChI is InChI=1S/C20H28O5/c1-12(10-23-11-15-8-6-5-7-9-15)17-13(2)18-16(19(21)24-17)14(3)20(4,22)25-18/h5-9,12-14,16-18,22H,10-11H2,1-4H3/t12-,13-,14+,16+,17-,18+,20-/m1/s1. The third kappa shape index (κ3) is 3.59. The molecule has 2 aliphatic heterocycles. The van der Waals surface area contributed by atoms with Crippen LogP contribution in [0.15, 0.2) is 30.3 Å². The number of carbonyl (C=O) groups excluding carboxylic acids is 1. The van der Waals surface area contributed by atoms with Gasteiger partial charge in [0.2, 0.25) is 0 Å². The van der Waals surface area contributed by atoms with E-state index in [1.54, 1.807) is 6.92 Å². The third-order valence-electron chi connectivity index (χ3n) is 5.73. The van der Waals surface area contributed by atoms with Crippen molar-refractivity contribution < 1.29 is 24.1 Å². The van der Waals surface area contributed by atoms with Crippen LogP contribution in [0.5, 0.6) is 0 Å². The summed E-state index contributed by atoms with van der Waals surface area (Å²) in [6.07, 6.45) is -0.585. The zero-order chi connectivity index (χ0) is 18.2. The zero-order valence-corrected chi connectivity index (χ0v) is 15.3. The predicted octanol–water partition coefficient (Wildman–Crippen LogP) is 2.76. The maximum atomic E-state index is 12.5. The number of hydrogen-bond donors (Lipinski definition) is 1. The van der Waals surface area contributed by atoms with Gasteiger partial charge in [0.15, 0.2) is 5.79 Å². The van der Waals surface area contributed by atoms with Crippen molar-refractivity contribution in [2.75, 3.05) is 6.61 Å². The van der Waals surface area contributed by atoms with Crippen molar-refractivity contribution >= 4 is 5.97 Å². The maximum Gasteiger partial charge on any atom is 0.312 e. The van der Waals surface area contributed by atoms with Crippen molar-refractivity contribution in [2.24, 2.45) is 23.7 Å². The van der Waals surface area contributed by atoms with Crippen LogP contribution in [-0.4, -0.2) is 35.7 Å². The molecule has 0 bridgehead atoms. The van der Waals surface area contributed by atoms with Gasteiger partial charge in [0, 0.05) is 17.8 Å². The van der Waals surface area contributed by atoms with E-state index in [4.69, 9.17) is 14.2 Å². The van der Waals surface area contributed by atoms with E-state index in [1.807, 2.05) is 51.1 Å². The SMILES string of the molecule is C[C@H]1[C@@H]2O[C@@](C)(O)[C@@H](C)[C@@H]2C(=O)O[C@@H]1[C@H](C)COCc1ccccc1. The quantitative estimate of drug-likeness (QED) is 0.829. The highest BCUT2D eigenvalue weighted by molar-refractivity contribution is 5.75. The number of fused-ring (bicyclic) bond motifs is 1. The molecule has 1 N–H and O–H groups in total. The van der Waals surface area contributed by atoms with E-state index >= 15 is 0 Å². The van der Waals surface area contributed by atoms with Crippen LogP contribution in [0.2, 0.25) is 0 Å². The van der Waals surface area contributed by atoms with E-state index in [9.17, 15) is 9.90 Å². The molecule has 3 rings (SSSR count). The van der Waals surface area contributed by atoms with Crippen LogP contribution >= 0.6 is 0 Å². The van der Waals surface area contributed by atoms with Gasteiger partial charge in [-0.3, -0.25) is 4.79 Å². The average Bonchev–Trinajstić information content (AvgIpc) is 2.82. The lowest BCUT2D eigenvalue weighted by atomic mass is 9.77. The Morgan fingerprint density at radius 3 is 2.64 bits per heavy atom. The molecule has 25 heavy (non-hydrogen) atoms. The molecule has 0 spiro atoms. The Bertz CT molecular complexity index is 599. The fourth-order valence-electron chi connectivity index (χ4n) is 4.02. The van der Waals surface area contributed by atoms with Crippen molar-refractivity contribution in [3.63, 3.8) is 0 Å². The summed E-state index contributed by atoms with van der Waals surface area (Å²) in [5.74, 6) is -2.18. The lowest BCUT2D eigenvalue weighted by Crippen LogP contribution is -2.50. The predicted molar refractivity (Wildman–Crippen MR) is 92.5 cm³/mol. The van der Waals surface area contributed by atoms with Crippen molar-refractivity contribution in [3.05, 3.63) is 35.9 Å². The average molecular weight is 348 g/mol. The lowest BCUT2D eigenvalue weighted by Gasteiger charge is -2.39. The molecule has 7 atom stereocenters. The molecule has 0 radical (unpaired) electrons. The number of aliphatic hydroxyl groups is 1. The molecule has 0 saturated carbocycles. The van der Waals surface area contributed by atoms with Crippen LogP contribution in [0.4, 0.5) is 0 Å². The summed E-state index contributed by atoms with van der Waals surface area (Å²) in [6, 6.07) is 9.99. The summed E-state index contributed by atoms with van der Waals surface area (Å²) in [5.41, 5.74) is 1.12. The Labute approximate surface area is 149 Å². The maximum absolute atomic E-state index is 12.5. The topological polar surface area (TPSA) is 65.0 Å². The first-order valence-corrected chi connectivity index (χ1v) is 9.03. The molecule has 2 heterocycles. The normalized spacial score (nSPS) is 38.9. The minimum atomic E-state index is -1.29. The highest BCUT2D eigenvalue weighted by Gasteiger charge is 2.59. The number of carbonyl (C=O) groups is 1. The van der Waals surface area contributed by atoms with Gasteiger partial charge in [0.05, 0.1) is 25.2 Å². The number of benzene rings is 1. The molecule has 2 aliphatic rings. The molecular formula is C20H28O5. The Hall–Kier alpha value is -1.43. The van der Waals surface area contributed by atoms with Gasteiger partial charge in [-0.15, -0.1) is 0 Å². The van der Waals surface area contributed by atoms with Crippen LogP contribution in [0, 0.1) is 23.7 Å². The number of ether oxygens (including phenoxy) is 3. The van der Waals surface area contributed by atoms with Gasteiger partial charge in [0.1, 0.15) is 6.10 Å². The number of rotatable bonds is 5. The Morgan fingerprint density at radius 1 is 1.28 bits per heavy atom. The number of esters is 1. The molecular weight excluding hydrogens is 320 g/mol. The van der Waals surface area contributed by atoms with E-state index < -0.39 is 11.7 Å². The molecule has 1 aromatic rings. The highest BCUT2D eigenvalue weighted by Crippen LogP contribution is 2.47. The van der Waals surface area contributed by atoms with Crippen LogP contribution in [-0.2, 0) is 25.6 Å². The summed E-state index contributed by atoms with van der Waals surface area (Å²) in [5, 5.41) is 10.4. The summed E-state index contributed by atoms with van der Waals surface area (Å²) in [6.45, 7) is 8.55. The summed E-state index contributed by atoms with van der Waals surface area (Å²) in [4.78, 5) is 12.5. The van der Waals surface area contributed by atoms with E-state index in [2.05, 4.69) is 0 Å². The second-order valence-electron chi connectivity index (χ2n) is 7.69. The highest BCUT2D eigenvalue weighted by atomic mass is 16.6. The molecule has 0 unspecified atom stereocenters. The minimum Gasteiger partial charge on any atom is -0.461 e. The molecule has 2 saturated heterocycles. The van der Waals surface area contributed by atoms with Gasteiger partial charge in [-0.1, -0.05) is 51.1 Å². The molecule has 138 valence electrons. The van der Waals surface area contributed by atoms with Crippen LogP contribution in [0.25, 0.3) is 0 Å². The van der Waals surface area contributed by atoms with Crippen LogP contribution in [0.3, 0.4) is 0 Å². The van der Waals surface area contributed by atoms with Crippen molar-refractivity contribution in [1.29, 1.82) is 0 Å². The fraction of sp³-hybridized carbons (Fsp3) is 0.650. The second kappa shape index (κ2) is 7.06. The minimum absolute atomic E-state index is 0.00875. The Kier molecular flexibility index (Phi) is 5.19. The van der Waals surface area contributed by atoms with Crippen molar-refractivity contribution in [3.8, 4) is 0 Å². The van der Waals surface area contributed by atoms with Gasteiger partial charge in [-0.05, 0) is 12.5 Å². The van der Waals surface area contributed by atoms with Crippen molar-refractivity contribution in [2.45, 2.75) is 52.3 Å². The molecule has 5 heteroatoms. The van der Waals surface area contributed by atoms with Crippen LogP contribution in [0.1, 0.15) is 33.3 Å². The summed E-state index contributed by atoms with van der Waals surface area (Å²) < 4.78 is 17.4. The molecule has 0 amide bonds. The first kappa shape index (κ1) is 18.4. The van der Waals surface area contributed by atoms with Gasteiger partial charge in [0.25, 0.3) is 0 Å². The largest absolute Gasteiger partial charge is 0.461 e. The van der Waals surface area contributed by atoms with E-state index in [1.165, 1.54) is 0 Å². The Morgan fingerprint density at radius 2 is 1.96 bits per heavy atom. The second-order valence-corrected chi connectivity index (χ2v) is 7.69. The molecule has 2 fully saturated rings. The van der Waals surface area contributed by atoms with Crippen LogP contribution < -0.4 is 0 Å². The Balaban J connectivity index is 1.60. The fourth-order valence-corrected chi connectivity index (χ4v) is 4.02. The monoisotopic (exact) mass is 348 g/mol. The first-order valence-electron chi connectivity index (χ1n) is 9.03. The molecule has 5 nitrogen and oxygen atoms in total.